The summed E-state index contributed by atoms with van der Waals surface area (Å²) < 4.78 is 38.1. The quantitative estimate of drug-likeness (QED) is 0.840. The molecule has 0 bridgehead atoms. The Morgan fingerprint density at radius 3 is 2.43 bits per heavy atom. The van der Waals surface area contributed by atoms with Crippen LogP contribution in [0.4, 0.5) is 18.9 Å². The number of nitrogens with zero attached hydrogens (tertiary/aromatic N) is 2. The summed E-state index contributed by atoms with van der Waals surface area (Å²) in [7, 11) is 0. The molecule has 114 valence electrons. The van der Waals surface area contributed by atoms with Gasteiger partial charge in [0.2, 0.25) is 0 Å². The Morgan fingerprint density at radius 1 is 1.33 bits per heavy atom. The zero-order valence-electron chi connectivity index (χ0n) is 11.2. The minimum absolute atomic E-state index is 0.132. The standard InChI is InChI=1S/C14H15F3N2O2/c15-14(16,17)11(9-18)10-19(8-4-7-13(20)21)12-5-2-1-3-6-12/h1-3,5-6,11H,4,7-8,10H2,(H,20,21). The summed E-state index contributed by atoms with van der Waals surface area (Å²) in [4.78, 5) is 11.9. The van der Waals surface area contributed by atoms with E-state index in [1.165, 1.54) is 11.0 Å². The number of alkyl halides is 3. The fourth-order valence-electron chi connectivity index (χ4n) is 1.82. The van der Waals surface area contributed by atoms with Gasteiger partial charge < -0.3 is 10.0 Å². The molecule has 0 aromatic heterocycles. The van der Waals surface area contributed by atoms with E-state index in [4.69, 9.17) is 10.4 Å². The van der Waals surface area contributed by atoms with Crippen LogP contribution < -0.4 is 4.90 Å². The van der Waals surface area contributed by atoms with Crippen LogP contribution in [0.3, 0.4) is 0 Å². The average molecular weight is 300 g/mol. The molecule has 0 fully saturated rings. The molecule has 1 rings (SSSR count). The van der Waals surface area contributed by atoms with Gasteiger partial charge in [-0.15, -0.1) is 0 Å². The van der Waals surface area contributed by atoms with Gasteiger partial charge in [-0.3, -0.25) is 4.79 Å². The van der Waals surface area contributed by atoms with Crippen molar-refractivity contribution in [2.45, 2.75) is 19.0 Å². The minimum atomic E-state index is -4.60. The third-order valence-electron chi connectivity index (χ3n) is 2.89. The van der Waals surface area contributed by atoms with Gasteiger partial charge in [-0.25, -0.2) is 0 Å². The van der Waals surface area contributed by atoms with Gasteiger partial charge in [0, 0.05) is 25.2 Å². The number of hydrogen-bond acceptors (Lipinski definition) is 3. The van der Waals surface area contributed by atoms with Crippen molar-refractivity contribution in [1.29, 1.82) is 5.26 Å². The van der Waals surface area contributed by atoms with Crippen molar-refractivity contribution >= 4 is 11.7 Å². The third-order valence-corrected chi connectivity index (χ3v) is 2.89. The zero-order chi connectivity index (χ0) is 15.9. The van der Waals surface area contributed by atoms with E-state index >= 15 is 0 Å². The second kappa shape index (κ2) is 7.53. The largest absolute Gasteiger partial charge is 0.481 e. The molecule has 0 spiro atoms. The van der Waals surface area contributed by atoms with E-state index in [2.05, 4.69) is 0 Å². The van der Waals surface area contributed by atoms with Crippen LogP contribution in [0.25, 0.3) is 0 Å². The van der Waals surface area contributed by atoms with Crippen LogP contribution in [0.1, 0.15) is 12.8 Å². The molecule has 1 atom stereocenters. The molecule has 0 heterocycles. The fraction of sp³-hybridized carbons (Fsp3) is 0.429. The van der Waals surface area contributed by atoms with Crippen LogP contribution in [-0.4, -0.2) is 30.3 Å². The molecule has 4 nitrogen and oxygen atoms in total. The summed E-state index contributed by atoms with van der Waals surface area (Å²) in [5.41, 5.74) is 0.535. The summed E-state index contributed by atoms with van der Waals surface area (Å²) in [6.45, 7) is -0.367. The number of carboxylic acids is 1. The van der Waals surface area contributed by atoms with Crippen LogP contribution in [0.2, 0.25) is 0 Å². The molecule has 1 N–H and O–H groups in total. The molecule has 0 saturated heterocycles. The maximum atomic E-state index is 12.7. The fourth-order valence-corrected chi connectivity index (χ4v) is 1.82. The molecule has 1 aromatic carbocycles. The van der Waals surface area contributed by atoms with E-state index < -0.39 is 24.6 Å². The Labute approximate surface area is 120 Å². The van der Waals surface area contributed by atoms with Crippen molar-refractivity contribution in [3.05, 3.63) is 30.3 Å². The maximum absolute atomic E-state index is 12.7. The Hall–Kier alpha value is -2.23. The van der Waals surface area contributed by atoms with E-state index in [1.807, 2.05) is 0 Å². The van der Waals surface area contributed by atoms with Crippen molar-refractivity contribution in [3.63, 3.8) is 0 Å². The average Bonchev–Trinajstić information content (AvgIpc) is 2.41. The molecular weight excluding hydrogens is 285 g/mol. The number of aliphatic carboxylic acids is 1. The number of anilines is 1. The second-order valence-corrected chi connectivity index (χ2v) is 4.50. The highest BCUT2D eigenvalue weighted by Crippen LogP contribution is 2.28. The van der Waals surface area contributed by atoms with Gasteiger partial charge in [0.15, 0.2) is 5.92 Å². The first-order chi connectivity index (χ1) is 9.84. The lowest BCUT2D eigenvalue weighted by Gasteiger charge is -2.27. The first-order valence-corrected chi connectivity index (χ1v) is 6.32. The Kier molecular flexibility index (Phi) is 6.03. The summed E-state index contributed by atoms with van der Waals surface area (Å²) in [6, 6.07) is 9.60. The lowest BCUT2D eigenvalue weighted by molar-refractivity contribution is -0.156. The summed E-state index contributed by atoms with van der Waals surface area (Å²) in [5.74, 6) is -3.11. The Balaban J connectivity index is 2.82. The number of rotatable bonds is 7. The predicted octanol–water partition coefficient (Wildman–Crippen LogP) is 3.06. The first kappa shape index (κ1) is 16.8. The number of carboxylic acid groups (broad SMARTS) is 1. The van der Waals surface area contributed by atoms with E-state index in [0.29, 0.717) is 5.69 Å². The number of hydrogen-bond donors (Lipinski definition) is 1. The second-order valence-electron chi connectivity index (χ2n) is 4.50. The SMILES string of the molecule is N#CC(CN(CCCC(=O)O)c1ccccc1)C(F)(F)F. The normalized spacial score (nSPS) is 12.5. The van der Waals surface area contributed by atoms with Gasteiger partial charge in [-0.2, -0.15) is 18.4 Å². The van der Waals surface area contributed by atoms with Gasteiger partial charge in [0.05, 0.1) is 6.07 Å². The molecule has 7 heteroatoms. The van der Waals surface area contributed by atoms with Crippen LogP contribution in [0, 0.1) is 17.2 Å². The molecule has 0 aliphatic carbocycles. The summed E-state index contributed by atoms with van der Waals surface area (Å²) in [6.07, 6.45) is -4.53. The van der Waals surface area contributed by atoms with E-state index in [1.54, 1.807) is 30.3 Å². The summed E-state index contributed by atoms with van der Waals surface area (Å²) in [5, 5.41) is 17.3. The van der Waals surface area contributed by atoms with Crippen molar-refractivity contribution in [3.8, 4) is 6.07 Å². The van der Waals surface area contributed by atoms with Gasteiger partial charge >= 0.3 is 12.1 Å². The number of para-hydroxylation sites is 1. The lowest BCUT2D eigenvalue weighted by atomic mass is 10.1. The molecule has 0 aliphatic rings. The van der Waals surface area contributed by atoms with Gasteiger partial charge in [-0.1, -0.05) is 18.2 Å². The molecule has 21 heavy (non-hydrogen) atoms. The third kappa shape index (κ3) is 5.73. The zero-order valence-corrected chi connectivity index (χ0v) is 11.2. The molecule has 1 unspecified atom stereocenters. The monoisotopic (exact) mass is 300 g/mol. The molecule has 0 amide bonds. The topological polar surface area (TPSA) is 64.3 Å². The smallest absolute Gasteiger partial charge is 0.406 e. The predicted molar refractivity (Wildman–Crippen MR) is 70.7 cm³/mol. The molecule has 0 radical (unpaired) electrons. The molecule has 0 saturated carbocycles. The van der Waals surface area contributed by atoms with E-state index in [9.17, 15) is 18.0 Å². The maximum Gasteiger partial charge on any atom is 0.406 e. The number of halogens is 3. The Bertz CT molecular complexity index is 497. The highest BCUT2D eigenvalue weighted by molar-refractivity contribution is 5.66. The first-order valence-electron chi connectivity index (χ1n) is 6.32. The van der Waals surface area contributed by atoms with Crippen LogP contribution in [0.5, 0.6) is 0 Å². The number of carbonyl (C=O) groups is 1. The number of benzene rings is 1. The minimum Gasteiger partial charge on any atom is -0.481 e. The molecule has 1 aromatic rings. The highest BCUT2D eigenvalue weighted by Gasteiger charge is 2.40. The van der Waals surface area contributed by atoms with Crippen molar-refractivity contribution in [2.24, 2.45) is 5.92 Å². The van der Waals surface area contributed by atoms with Gasteiger partial charge in [-0.05, 0) is 18.6 Å². The van der Waals surface area contributed by atoms with Crippen molar-refractivity contribution in [2.75, 3.05) is 18.0 Å². The Morgan fingerprint density at radius 2 is 1.95 bits per heavy atom. The van der Waals surface area contributed by atoms with Crippen LogP contribution >= 0.6 is 0 Å². The van der Waals surface area contributed by atoms with Crippen molar-refractivity contribution < 1.29 is 23.1 Å². The van der Waals surface area contributed by atoms with Crippen LogP contribution in [0.15, 0.2) is 30.3 Å². The van der Waals surface area contributed by atoms with Crippen molar-refractivity contribution in [1.82, 2.24) is 0 Å². The van der Waals surface area contributed by atoms with Gasteiger partial charge in [0.25, 0.3) is 0 Å². The van der Waals surface area contributed by atoms with E-state index in [0.717, 1.165) is 0 Å². The number of nitriles is 1. The van der Waals surface area contributed by atoms with Gasteiger partial charge in [0.1, 0.15) is 0 Å². The van der Waals surface area contributed by atoms with Crippen LogP contribution in [-0.2, 0) is 4.79 Å². The molecule has 0 aliphatic heterocycles. The summed E-state index contributed by atoms with van der Waals surface area (Å²) >= 11 is 0. The van der Waals surface area contributed by atoms with E-state index in [-0.39, 0.29) is 19.4 Å². The lowest BCUT2D eigenvalue weighted by Crippen LogP contribution is -2.36. The highest BCUT2D eigenvalue weighted by atomic mass is 19.4. The molecular formula is C14H15F3N2O2.